The van der Waals surface area contributed by atoms with Crippen molar-refractivity contribution in [2.45, 2.75) is 12.8 Å². The summed E-state index contributed by atoms with van der Waals surface area (Å²) in [4.78, 5) is 24.1. The van der Waals surface area contributed by atoms with Gasteiger partial charge in [-0.05, 0) is 40.8 Å². The van der Waals surface area contributed by atoms with Gasteiger partial charge in [0.1, 0.15) is 12.2 Å². The summed E-state index contributed by atoms with van der Waals surface area (Å²) in [5, 5.41) is 12.2. The van der Waals surface area contributed by atoms with Gasteiger partial charge >= 0.3 is 12.1 Å². The van der Waals surface area contributed by atoms with Crippen molar-refractivity contribution in [3.8, 4) is 11.1 Å². The molecule has 30 heavy (non-hydrogen) atoms. The van der Waals surface area contributed by atoms with Gasteiger partial charge in [-0.2, -0.15) is 0 Å². The number of rotatable bonds is 4. The summed E-state index contributed by atoms with van der Waals surface area (Å²) in [6.07, 6.45) is -0.782. The second-order valence-corrected chi connectivity index (χ2v) is 7.76. The summed E-state index contributed by atoms with van der Waals surface area (Å²) in [7, 11) is 0. The van der Waals surface area contributed by atoms with E-state index in [-0.39, 0.29) is 33.8 Å². The third-order valence-corrected chi connectivity index (χ3v) is 6.11. The maximum absolute atomic E-state index is 12.5. The number of carbonyl (C=O) groups excluding carboxylic acids is 1. The monoisotopic (exact) mass is 441 g/mol. The third kappa shape index (κ3) is 3.51. The number of carboxylic acid groups (broad SMARTS) is 1. The highest BCUT2D eigenvalue weighted by Crippen LogP contribution is 2.44. The van der Waals surface area contributed by atoms with Crippen molar-refractivity contribution in [3.05, 3.63) is 86.9 Å². The molecule has 0 atom stereocenters. The normalized spacial score (nSPS) is 12.2. The van der Waals surface area contributed by atoms with Gasteiger partial charge in [0.2, 0.25) is 0 Å². The molecule has 1 amide bonds. The van der Waals surface area contributed by atoms with Gasteiger partial charge in [0.05, 0.1) is 10.7 Å². The Morgan fingerprint density at radius 3 is 2.17 bits per heavy atom. The van der Waals surface area contributed by atoms with Crippen LogP contribution in [0.25, 0.3) is 11.1 Å². The van der Waals surface area contributed by atoms with Crippen LogP contribution in [-0.2, 0) is 4.74 Å². The first-order valence-corrected chi connectivity index (χ1v) is 9.98. The molecule has 0 bridgehead atoms. The minimum Gasteiger partial charge on any atom is -0.478 e. The zero-order valence-electron chi connectivity index (χ0n) is 15.9. The number of carboxylic acids is 1. The highest BCUT2D eigenvalue weighted by atomic mass is 35.5. The van der Waals surface area contributed by atoms with E-state index in [1.165, 1.54) is 6.07 Å². The van der Waals surface area contributed by atoms with E-state index in [1.54, 1.807) is 6.92 Å². The van der Waals surface area contributed by atoms with E-state index in [0.717, 1.165) is 22.3 Å². The summed E-state index contributed by atoms with van der Waals surface area (Å²) in [5.41, 5.74) is 4.58. The molecule has 0 aromatic heterocycles. The zero-order valence-corrected chi connectivity index (χ0v) is 17.4. The van der Waals surface area contributed by atoms with Crippen molar-refractivity contribution < 1.29 is 19.4 Å². The molecule has 0 radical (unpaired) electrons. The van der Waals surface area contributed by atoms with Gasteiger partial charge < -0.3 is 9.84 Å². The Bertz CT molecular complexity index is 1130. The number of amides is 1. The third-order valence-electron chi connectivity index (χ3n) is 5.24. The molecule has 0 spiro atoms. The second kappa shape index (κ2) is 8.01. The van der Waals surface area contributed by atoms with Crippen LogP contribution in [0.2, 0.25) is 10.0 Å². The molecule has 0 saturated carbocycles. The first-order valence-electron chi connectivity index (χ1n) is 9.22. The summed E-state index contributed by atoms with van der Waals surface area (Å²) in [6.45, 7) is 1.71. The van der Waals surface area contributed by atoms with Crippen LogP contribution in [-0.4, -0.2) is 23.8 Å². The summed E-state index contributed by atoms with van der Waals surface area (Å²) < 4.78 is 5.46. The number of hydrogen-bond donors (Lipinski definition) is 2. The van der Waals surface area contributed by atoms with Crippen molar-refractivity contribution in [2.75, 3.05) is 11.9 Å². The number of benzene rings is 3. The predicted molar refractivity (Wildman–Crippen MR) is 117 cm³/mol. The Hall–Kier alpha value is -3.02. The topological polar surface area (TPSA) is 75.6 Å². The molecule has 4 rings (SSSR count). The fourth-order valence-corrected chi connectivity index (χ4v) is 4.31. The van der Waals surface area contributed by atoms with Crippen LogP contribution >= 0.6 is 23.2 Å². The van der Waals surface area contributed by atoms with E-state index < -0.39 is 12.1 Å². The fraction of sp³-hybridized carbons (Fsp3) is 0.130. The number of carbonyl (C=O) groups is 2. The largest absolute Gasteiger partial charge is 0.478 e. The van der Waals surface area contributed by atoms with Gasteiger partial charge in [0.15, 0.2) is 0 Å². The number of hydrogen-bond acceptors (Lipinski definition) is 3. The van der Waals surface area contributed by atoms with Gasteiger partial charge in [0, 0.05) is 10.9 Å². The average Bonchev–Trinajstić information content (AvgIpc) is 3.04. The van der Waals surface area contributed by atoms with Crippen molar-refractivity contribution in [1.29, 1.82) is 0 Å². The fourth-order valence-electron chi connectivity index (χ4n) is 3.77. The van der Waals surface area contributed by atoms with Crippen LogP contribution in [0.5, 0.6) is 0 Å². The van der Waals surface area contributed by atoms with E-state index in [1.807, 2.05) is 48.5 Å². The van der Waals surface area contributed by atoms with Crippen LogP contribution in [0.1, 0.15) is 33.0 Å². The maximum Gasteiger partial charge on any atom is 0.411 e. The van der Waals surface area contributed by atoms with Crippen molar-refractivity contribution in [3.63, 3.8) is 0 Å². The minimum atomic E-state index is -1.27. The quantitative estimate of drug-likeness (QED) is 0.493. The first kappa shape index (κ1) is 20.3. The molecular formula is C23H17Cl2NO4. The SMILES string of the molecule is Cc1c(Cl)cc(NC(=O)OCC2c3ccccc3-c3ccccc32)c(C(=O)O)c1Cl. The number of anilines is 1. The van der Waals surface area contributed by atoms with Crippen molar-refractivity contribution in [2.24, 2.45) is 0 Å². The lowest BCUT2D eigenvalue weighted by atomic mass is 9.98. The molecule has 7 heteroatoms. The maximum atomic E-state index is 12.5. The minimum absolute atomic E-state index is 0.0136. The number of aromatic carboxylic acids is 1. The molecule has 1 aliphatic rings. The van der Waals surface area contributed by atoms with Crippen LogP contribution < -0.4 is 5.32 Å². The molecule has 3 aromatic carbocycles. The van der Waals surface area contributed by atoms with Crippen LogP contribution in [0.15, 0.2) is 54.6 Å². The van der Waals surface area contributed by atoms with E-state index in [9.17, 15) is 14.7 Å². The molecular weight excluding hydrogens is 425 g/mol. The number of ether oxygens (including phenoxy) is 1. The number of halogens is 2. The first-order chi connectivity index (χ1) is 14.4. The molecule has 0 fully saturated rings. The Morgan fingerprint density at radius 2 is 1.60 bits per heavy atom. The smallest absolute Gasteiger partial charge is 0.411 e. The van der Waals surface area contributed by atoms with E-state index in [4.69, 9.17) is 27.9 Å². The highest BCUT2D eigenvalue weighted by molar-refractivity contribution is 6.38. The Kier molecular flexibility index (Phi) is 5.41. The van der Waals surface area contributed by atoms with Crippen LogP contribution in [0.3, 0.4) is 0 Å². The standard InChI is InChI=1S/C23H17Cl2NO4/c1-12-18(24)10-19(20(21(12)25)22(27)28)26-23(29)30-11-17-15-8-4-2-6-13(15)14-7-3-5-9-16(14)17/h2-10,17H,11H2,1H3,(H,26,29)(H,27,28). The molecule has 152 valence electrons. The van der Waals surface area contributed by atoms with Gasteiger partial charge in [-0.3, -0.25) is 5.32 Å². The molecule has 0 aliphatic heterocycles. The van der Waals surface area contributed by atoms with Crippen molar-refractivity contribution in [1.82, 2.24) is 0 Å². The lowest BCUT2D eigenvalue weighted by Gasteiger charge is -2.16. The van der Waals surface area contributed by atoms with Crippen LogP contribution in [0.4, 0.5) is 10.5 Å². The van der Waals surface area contributed by atoms with Gasteiger partial charge in [-0.15, -0.1) is 0 Å². The molecule has 2 N–H and O–H groups in total. The second-order valence-electron chi connectivity index (χ2n) is 6.98. The predicted octanol–water partition coefficient (Wildman–Crippen LogP) is 6.36. The molecule has 0 saturated heterocycles. The Balaban J connectivity index is 1.55. The zero-order chi connectivity index (χ0) is 21.4. The summed E-state index contributed by atoms with van der Waals surface area (Å²) in [6, 6.07) is 17.3. The Morgan fingerprint density at radius 1 is 1.03 bits per heavy atom. The molecule has 0 heterocycles. The summed E-state index contributed by atoms with van der Waals surface area (Å²) in [5.74, 6) is -1.37. The van der Waals surface area contributed by atoms with Gasteiger partial charge in [-0.25, -0.2) is 9.59 Å². The average molecular weight is 442 g/mol. The van der Waals surface area contributed by atoms with E-state index in [2.05, 4.69) is 5.32 Å². The highest BCUT2D eigenvalue weighted by Gasteiger charge is 2.29. The molecule has 5 nitrogen and oxygen atoms in total. The molecule has 3 aromatic rings. The molecule has 0 unspecified atom stereocenters. The lowest BCUT2D eigenvalue weighted by molar-refractivity contribution is 0.0698. The van der Waals surface area contributed by atoms with Crippen LogP contribution in [0, 0.1) is 6.92 Å². The Labute approximate surface area is 183 Å². The number of fused-ring (bicyclic) bond motifs is 3. The molecule has 1 aliphatic carbocycles. The number of nitrogens with one attached hydrogen (secondary N) is 1. The summed E-state index contributed by atoms with van der Waals surface area (Å²) >= 11 is 12.2. The van der Waals surface area contributed by atoms with E-state index >= 15 is 0 Å². The van der Waals surface area contributed by atoms with E-state index in [0.29, 0.717) is 5.56 Å². The van der Waals surface area contributed by atoms with Crippen molar-refractivity contribution >= 4 is 41.0 Å². The lowest BCUT2D eigenvalue weighted by Crippen LogP contribution is -2.19. The van der Waals surface area contributed by atoms with Gasteiger partial charge in [-0.1, -0.05) is 71.7 Å². The van der Waals surface area contributed by atoms with Gasteiger partial charge in [0.25, 0.3) is 0 Å².